The van der Waals surface area contributed by atoms with E-state index in [4.69, 9.17) is 0 Å². The van der Waals surface area contributed by atoms with Gasteiger partial charge in [0.15, 0.2) is 0 Å². The highest BCUT2D eigenvalue weighted by atomic mass is 32.5. The van der Waals surface area contributed by atoms with Crippen molar-refractivity contribution in [1.82, 2.24) is 14.9 Å². The molecule has 2 aromatic rings. The van der Waals surface area contributed by atoms with Gasteiger partial charge in [0.05, 0.1) is 5.69 Å². The monoisotopic (exact) mass is 450 g/mol. The fraction of sp³-hybridized carbons (Fsp3) is 0.500. The van der Waals surface area contributed by atoms with E-state index in [-0.39, 0.29) is 11.6 Å². The van der Waals surface area contributed by atoms with E-state index in [9.17, 15) is 19.4 Å². The van der Waals surface area contributed by atoms with Gasteiger partial charge in [-0.25, -0.2) is 9.97 Å². The van der Waals surface area contributed by atoms with Gasteiger partial charge in [-0.1, -0.05) is 46.6 Å². The van der Waals surface area contributed by atoms with E-state index in [1.807, 2.05) is 0 Å². The standard InChI is InChI=1S/C20H27F5N4S/c1-4-5-17(10-14(2)3)29-12-15-11-26-20(28-19(15)13-29)27-16-6-8-18(9-7-16)30(21,22,23,24)25/h6-9,11,14,17H,4-5,10,12-13H2,1-3H3,(H,26,27,28)/t17-/m0/s1. The highest BCUT2D eigenvalue weighted by molar-refractivity contribution is 8.45. The zero-order valence-electron chi connectivity index (χ0n) is 17.2. The van der Waals surface area contributed by atoms with Crippen LogP contribution in [-0.4, -0.2) is 20.9 Å². The van der Waals surface area contributed by atoms with Crippen LogP contribution in [0.2, 0.25) is 0 Å². The highest BCUT2D eigenvalue weighted by Crippen LogP contribution is 3.02. The number of hydrogen-bond acceptors (Lipinski definition) is 4. The molecule has 10 heteroatoms. The Bertz CT molecular complexity index is 900. The number of rotatable bonds is 8. The molecular weight excluding hydrogens is 423 g/mol. The third-order valence-corrected chi connectivity index (χ3v) is 6.28. The van der Waals surface area contributed by atoms with Gasteiger partial charge in [-0.3, -0.25) is 4.90 Å². The van der Waals surface area contributed by atoms with E-state index in [1.54, 1.807) is 6.20 Å². The number of nitrogens with zero attached hydrogens (tertiary/aromatic N) is 3. The molecule has 4 nitrogen and oxygen atoms in total. The fourth-order valence-electron chi connectivity index (χ4n) is 3.75. The van der Waals surface area contributed by atoms with Crippen molar-refractivity contribution in [3.05, 3.63) is 41.7 Å². The quantitative estimate of drug-likeness (QED) is 0.425. The van der Waals surface area contributed by atoms with Crippen LogP contribution in [0.4, 0.5) is 31.1 Å². The van der Waals surface area contributed by atoms with Gasteiger partial charge < -0.3 is 5.32 Å². The lowest BCUT2D eigenvalue weighted by Crippen LogP contribution is -2.31. The second-order valence-corrected chi connectivity index (χ2v) is 10.7. The summed E-state index contributed by atoms with van der Waals surface area (Å²) in [5.41, 5.74) is 2.11. The first-order valence-corrected chi connectivity index (χ1v) is 11.9. The predicted molar refractivity (Wildman–Crippen MR) is 111 cm³/mol. The molecular formula is C20H27F5N4S. The second-order valence-electron chi connectivity index (χ2n) is 8.26. The van der Waals surface area contributed by atoms with Crippen LogP contribution in [0.25, 0.3) is 0 Å². The number of benzene rings is 1. The molecule has 0 aliphatic carbocycles. The van der Waals surface area contributed by atoms with E-state index < -0.39 is 15.1 Å². The molecule has 1 aromatic carbocycles. The number of anilines is 2. The molecule has 0 fully saturated rings. The molecule has 1 atom stereocenters. The average molecular weight is 451 g/mol. The summed E-state index contributed by atoms with van der Waals surface area (Å²) in [6, 6.07) is 3.12. The molecule has 0 bridgehead atoms. The van der Waals surface area contributed by atoms with Crippen molar-refractivity contribution in [3.8, 4) is 0 Å². The topological polar surface area (TPSA) is 41.1 Å². The summed E-state index contributed by atoms with van der Waals surface area (Å²) < 4.78 is 64.2. The Kier molecular flexibility index (Phi) is 5.56. The van der Waals surface area contributed by atoms with Gasteiger partial charge >= 0.3 is 10.2 Å². The molecule has 0 spiro atoms. The Hall–Kier alpha value is -1.94. The second kappa shape index (κ2) is 7.33. The molecule has 0 unspecified atom stereocenters. The number of halogens is 5. The lowest BCUT2D eigenvalue weighted by molar-refractivity contribution is 0.163. The molecule has 0 amide bonds. The Morgan fingerprint density at radius 1 is 1.07 bits per heavy atom. The van der Waals surface area contributed by atoms with Crippen LogP contribution < -0.4 is 5.32 Å². The fourth-order valence-corrected chi connectivity index (χ4v) is 4.40. The van der Waals surface area contributed by atoms with Crippen molar-refractivity contribution < 1.29 is 19.4 Å². The van der Waals surface area contributed by atoms with E-state index >= 15 is 0 Å². The van der Waals surface area contributed by atoms with Gasteiger partial charge in [0, 0.05) is 36.6 Å². The normalized spacial score (nSPS) is 18.0. The maximum Gasteiger partial charge on any atom is 0.310 e. The Morgan fingerprint density at radius 2 is 1.73 bits per heavy atom. The van der Waals surface area contributed by atoms with Gasteiger partial charge in [0.25, 0.3) is 0 Å². The SMILES string of the molecule is CCC[C@@H](CC(C)C)N1Cc2cnc(Nc3ccc(S(F)(F)(F)(F)F)cc3)nc2C1. The molecule has 2 heterocycles. The van der Waals surface area contributed by atoms with Crippen LogP contribution in [0, 0.1) is 5.92 Å². The summed E-state index contributed by atoms with van der Waals surface area (Å²) in [4.78, 5) is 9.19. The first-order chi connectivity index (χ1) is 13.7. The molecule has 1 aliphatic heterocycles. The summed E-state index contributed by atoms with van der Waals surface area (Å²) in [6.07, 6.45) is 5.01. The summed E-state index contributed by atoms with van der Waals surface area (Å²) in [6.45, 7) is 8.03. The maximum atomic E-state index is 12.8. The summed E-state index contributed by atoms with van der Waals surface area (Å²) in [5, 5.41) is 2.80. The summed E-state index contributed by atoms with van der Waals surface area (Å²) >= 11 is 0. The maximum absolute atomic E-state index is 12.8. The van der Waals surface area contributed by atoms with Crippen LogP contribution in [0.15, 0.2) is 35.4 Å². The molecule has 0 radical (unpaired) electrons. The van der Waals surface area contributed by atoms with Crippen molar-refractivity contribution in [1.29, 1.82) is 0 Å². The summed E-state index contributed by atoms with van der Waals surface area (Å²) in [7, 11) is -9.67. The average Bonchev–Trinajstić information content (AvgIpc) is 3.03. The van der Waals surface area contributed by atoms with Gasteiger partial charge in [0.1, 0.15) is 4.90 Å². The van der Waals surface area contributed by atoms with Crippen molar-refractivity contribution in [2.45, 2.75) is 64.1 Å². The number of nitrogens with one attached hydrogen (secondary N) is 1. The Labute approximate surface area is 173 Å². The minimum atomic E-state index is -9.67. The number of fused-ring (bicyclic) bond motifs is 1. The van der Waals surface area contributed by atoms with Crippen LogP contribution in [0.5, 0.6) is 0 Å². The van der Waals surface area contributed by atoms with Crippen molar-refractivity contribution >= 4 is 21.9 Å². The van der Waals surface area contributed by atoms with Gasteiger partial charge in [-0.2, -0.15) is 0 Å². The lowest BCUT2D eigenvalue weighted by atomic mass is 9.99. The van der Waals surface area contributed by atoms with Crippen LogP contribution in [0.1, 0.15) is 51.3 Å². The van der Waals surface area contributed by atoms with Gasteiger partial charge in [-0.15, -0.1) is 0 Å². The molecule has 30 heavy (non-hydrogen) atoms. The van der Waals surface area contributed by atoms with Gasteiger partial charge in [0.2, 0.25) is 5.95 Å². The highest BCUT2D eigenvalue weighted by Gasteiger charge is 2.65. The minimum Gasteiger partial charge on any atom is -0.324 e. The first-order valence-electron chi connectivity index (χ1n) is 9.95. The van der Waals surface area contributed by atoms with E-state index in [2.05, 4.69) is 41.0 Å². The van der Waals surface area contributed by atoms with E-state index in [1.165, 1.54) is 0 Å². The van der Waals surface area contributed by atoms with E-state index in [0.29, 0.717) is 30.6 Å². The minimum absolute atomic E-state index is 0.207. The number of hydrogen-bond donors (Lipinski definition) is 1. The molecule has 0 saturated carbocycles. The zero-order chi connectivity index (χ0) is 22.2. The molecule has 1 aromatic heterocycles. The molecule has 0 saturated heterocycles. The van der Waals surface area contributed by atoms with Crippen molar-refractivity contribution in [2.75, 3.05) is 5.32 Å². The predicted octanol–water partition coefficient (Wildman–Crippen LogP) is 7.41. The van der Waals surface area contributed by atoms with Crippen molar-refractivity contribution in [2.24, 2.45) is 5.92 Å². The molecule has 168 valence electrons. The van der Waals surface area contributed by atoms with E-state index in [0.717, 1.165) is 49.2 Å². The first kappa shape index (κ1) is 22.7. The Morgan fingerprint density at radius 3 is 2.30 bits per heavy atom. The van der Waals surface area contributed by atoms with Gasteiger partial charge in [-0.05, 0) is 43.0 Å². The molecule has 3 rings (SSSR count). The van der Waals surface area contributed by atoms with Crippen LogP contribution in [-0.2, 0) is 13.1 Å². The third-order valence-electron chi connectivity index (χ3n) is 5.12. The smallest absolute Gasteiger partial charge is 0.310 e. The van der Waals surface area contributed by atoms with Crippen LogP contribution in [0.3, 0.4) is 0 Å². The largest absolute Gasteiger partial charge is 0.324 e. The summed E-state index contributed by atoms with van der Waals surface area (Å²) in [5.74, 6) is 0.814. The molecule has 1 aliphatic rings. The Balaban J connectivity index is 1.72. The van der Waals surface area contributed by atoms with Crippen molar-refractivity contribution in [3.63, 3.8) is 0 Å². The molecule has 1 N–H and O–H groups in total. The zero-order valence-corrected chi connectivity index (χ0v) is 18.0. The number of aromatic nitrogens is 2. The third kappa shape index (κ3) is 5.60. The van der Waals surface area contributed by atoms with Crippen LogP contribution >= 0.6 is 10.2 Å². The lowest BCUT2D eigenvalue weighted by Gasteiger charge is -2.40.